The van der Waals surface area contributed by atoms with Crippen LogP contribution in [0.3, 0.4) is 0 Å². The van der Waals surface area contributed by atoms with Crippen molar-refractivity contribution in [3.05, 3.63) is 144 Å². The van der Waals surface area contributed by atoms with Gasteiger partial charge in [-0.05, 0) is 70.4 Å². The molecule has 0 radical (unpaired) electrons. The molecule has 0 aliphatic rings. The summed E-state index contributed by atoms with van der Waals surface area (Å²) in [5.74, 6) is 0. The Balaban J connectivity index is 1.24. The second-order valence-electron chi connectivity index (χ2n) is 12.1. The SMILES string of the molecule is N#Cc1cc2c(ccc3c2nnn3-c2ccccc2)c(-c2ccc(-c3c(C#N)c(C#N)cc4c3ccc3c4nnn3-c3ccccc3)cc2)c1C#N. The van der Waals surface area contributed by atoms with Gasteiger partial charge in [0.05, 0.1) is 44.7 Å². The summed E-state index contributed by atoms with van der Waals surface area (Å²) in [6, 6.07) is 46.8. The van der Waals surface area contributed by atoms with Crippen LogP contribution in [0, 0.1) is 45.3 Å². The van der Waals surface area contributed by atoms with Gasteiger partial charge in [0.15, 0.2) is 0 Å². The fraction of sp³-hybridized carbons (Fsp3) is 0. The molecule has 0 amide bonds. The zero-order chi connectivity index (χ0) is 35.3. The van der Waals surface area contributed by atoms with Crippen LogP contribution in [0.25, 0.3) is 77.2 Å². The molecule has 9 rings (SSSR count). The molecule has 9 aromatic rings. The number of nitrogens with zero attached hydrogens (tertiary/aromatic N) is 10. The van der Waals surface area contributed by atoms with Crippen molar-refractivity contribution in [2.24, 2.45) is 0 Å². The molecule has 0 atom stereocenters. The highest BCUT2D eigenvalue weighted by molar-refractivity contribution is 6.13. The molecule has 238 valence electrons. The Morgan fingerprint density at radius 1 is 0.423 bits per heavy atom. The third kappa shape index (κ3) is 4.40. The van der Waals surface area contributed by atoms with Gasteiger partial charge in [0.1, 0.15) is 35.3 Å². The number of hydrogen-bond acceptors (Lipinski definition) is 8. The first-order valence-electron chi connectivity index (χ1n) is 16.2. The van der Waals surface area contributed by atoms with Gasteiger partial charge in [0.2, 0.25) is 0 Å². The molecule has 0 unspecified atom stereocenters. The molecule has 7 aromatic carbocycles. The summed E-state index contributed by atoms with van der Waals surface area (Å²) in [4.78, 5) is 0. The molecule has 0 fully saturated rings. The first-order chi connectivity index (χ1) is 25.6. The lowest BCUT2D eigenvalue weighted by molar-refractivity contribution is 0.824. The molecule has 2 heterocycles. The van der Waals surface area contributed by atoms with E-state index >= 15 is 0 Å². The van der Waals surface area contributed by atoms with E-state index in [0.717, 1.165) is 33.2 Å². The molecule has 0 aliphatic heterocycles. The van der Waals surface area contributed by atoms with Gasteiger partial charge in [-0.15, -0.1) is 10.2 Å². The first-order valence-corrected chi connectivity index (χ1v) is 16.2. The molecule has 0 aliphatic carbocycles. The van der Waals surface area contributed by atoms with Crippen molar-refractivity contribution in [2.45, 2.75) is 0 Å². The highest BCUT2D eigenvalue weighted by atomic mass is 15.4. The van der Waals surface area contributed by atoms with Crippen molar-refractivity contribution in [3.63, 3.8) is 0 Å². The van der Waals surface area contributed by atoms with E-state index in [4.69, 9.17) is 0 Å². The lowest BCUT2D eigenvalue weighted by atomic mass is 9.87. The van der Waals surface area contributed by atoms with Gasteiger partial charge in [-0.1, -0.05) is 83.2 Å². The van der Waals surface area contributed by atoms with Crippen LogP contribution in [0.1, 0.15) is 22.3 Å². The largest absolute Gasteiger partial charge is 0.213 e. The lowest BCUT2D eigenvalue weighted by Gasteiger charge is -2.14. The van der Waals surface area contributed by atoms with Crippen LogP contribution in [0.5, 0.6) is 0 Å². The maximum Gasteiger partial charge on any atom is 0.121 e. The third-order valence-corrected chi connectivity index (χ3v) is 9.40. The average Bonchev–Trinajstić information content (AvgIpc) is 3.85. The van der Waals surface area contributed by atoms with Crippen LogP contribution < -0.4 is 0 Å². The highest BCUT2D eigenvalue weighted by Crippen LogP contribution is 2.41. The van der Waals surface area contributed by atoms with Crippen molar-refractivity contribution in [1.82, 2.24) is 30.0 Å². The van der Waals surface area contributed by atoms with E-state index in [0.29, 0.717) is 44.1 Å². The second kappa shape index (κ2) is 11.8. The topological polar surface area (TPSA) is 157 Å². The van der Waals surface area contributed by atoms with Crippen molar-refractivity contribution in [2.75, 3.05) is 0 Å². The zero-order valence-electron chi connectivity index (χ0n) is 27.0. The van der Waals surface area contributed by atoms with Gasteiger partial charge in [-0.2, -0.15) is 21.0 Å². The van der Waals surface area contributed by atoms with Gasteiger partial charge >= 0.3 is 0 Å². The summed E-state index contributed by atoms with van der Waals surface area (Å²) < 4.78 is 3.49. The average molecular weight is 665 g/mol. The summed E-state index contributed by atoms with van der Waals surface area (Å²) in [6.45, 7) is 0. The number of aromatic nitrogens is 6. The van der Waals surface area contributed by atoms with E-state index in [9.17, 15) is 21.0 Å². The third-order valence-electron chi connectivity index (χ3n) is 9.40. The Morgan fingerprint density at radius 3 is 1.19 bits per heavy atom. The van der Waals surface area contributed by atoms with E-state index in [1.807, 2.05) is 109 Å². The van der Waals surface area contributed by atoms with E-state index in [1.165, 1.54) is 0 Å². The fourth-order valence-electron chi connectivity index (χ4n) is 7.05. The Labute approximate surface area is 295 Å². The van der Waals surface area contributed by atoms with Gasteiger partial charge in [-0.3, -0.25) is 0 Å². The van der Waals surface area contributed by atoms with Crippen molar-refractivity contribution in [1.29, 1.82) is 21.0 Å². The van der Waals surface area contributed by atoms with Crippen LogP contribution in [0.2, 0.25) is 0 Å². The minimum absolute atomic E-state index is 0.225. The fourth-order valence-corrected chi connectivity index (χ4v) is 7.05. The molecule has 2 aromatic heterocycles. The van der Waals surface area contributed by atoms with E-state index in [1.54, 1.807) is 21.5 Å². The van der Waals surface area contributed by atoms with E-state index in [2.05, 4.69) is 44.9 Å². The number of benzene rings is 7. The Bertz CT molecular complexity index is 2880. The summed E-state index contributed by atoms with van der Waals surface area (Å²) in [5, 5.41) is 61.7. The Kier molecular flexibility index (Phi) is 6.76. The van der Waals surface area contributed by atoms with Crippen LogP contribution in [-0.2, 0) is 0 Å². The monoisotopic (exact) mass is 664 g/mol. The zero-order valence-corrected chi connectivity index (χ0v) is 27.0. The van der Waals surface area contributed by atoms with Gasteiger partial charge < -0.3 is 0 Å². The quantitative estimate of drug-likeness (QED) is 0.182. The molecule has 52 heavy (non-hydrogen) atoms. The number of nitriles is 4. The molecule has 0 saturated heterocycles. The normalized spacial score (nSPS) is 11.0. The molecule has 10 heteroatoms. The number of hydrogen-bond donors (Lipinski definition) is 0. The molecule has 0 N–H and O–H groups in total. The summed E-state index contributed by atoms with van der Waals surface area (Å²) in [7, 11) is 0. The predicted octanol–water partition coefficient (Wildman–Crippen LogP) is 8.28. The summed E-state index contributed by atoms with van der Waals surface area (Å²) >= 11 is 0. The Hall–Kier alpha value is -8.18. The van der Waals surface area contributed by atoms with Crippen molar-refractivity contribution < 1.29 is 0 Å². The van der Waals surface area contributed by atoms with Gasteiger partial charge in [0.25, 0.3) is 0 Å². The van der Waals surface area contributed by atoms with Crippen LogP contribution in [-0.4, -0.2) is 30.0 Å². The number of rotatable bonds is 4. The summed E-state index contributed by atoms with van der Waals surface area (Å²) in [6.07, 6.45) is 0. The molecular formula is C42H20N10. The highest BCUT2D eigenvalue weighted by Gasteiger charge is 2.22. The van der Waals surface area contributed by atoms with Crippen LogP contribution in [0.4, 0.5) is 0 Å². The molecule has 0 saturated carbocycles. The minimum atomic E-state index is 0.225. The molecule has 10 nitrogen and oxygen atoms in total. The van der Waals surface area contributed by atoms with Crippen LogP contribution >= 0.6 is 0 Å². The van der Waals surface area contributed by atoms with Crippen LogP contribution in [0.15, 0.2) is 121 Å². The van der Waals surface area contributed by atoms with Crippen molar-refractivity contribution >= 4 is 43.6 Å². The predicted molar refractivity (Wildman–Crippen MR) is 196 cm³/mol. The minimum Gasteiger partial charge on any atom is -0.213 e. The standard InChI is InChI=1S/C42H20N10/c43-21-27-19-33-31(15-17-37-41(33)47-49-51(37)29-7-3-1-4-8-29)39(35(27)23-45)25-11-13-26(14-12-25)40-32-16-18-38-42(34(32)20-28(22-44)36(40)24-46)48-50-52(38)30-9-5-2-6-10-30/h1-20H. The molecule has 0 spiro atoms. The van der Waals surface area contributed by atoms with E-state index < -0.39 is 0 Å². The Morgan fingerprint density at radius 2 is 0.827 bits per heavy atom. The lowest BCUT2D eigenvalue weighted by Crippen LogP contribution is -1.97. The van der Waals surface area contributed by atoms with Crippen molar-refractivity contribution in [3.8, 4) is 57.9 Å². The number of fused-ring (bicyclic) bond motifs is 6. The second-order valence-corrected chi connectivity index (χ2v) is 12.1. The summed E-state index contributed by atoms with van der Waals surface area (Å²) in [5.41, 5.74) is 7.96. The molecule has 0 bridgehead atoms. The molecular weight excluding hydrogens is 645 g/mol. The maximum atomic E-state index is 10.3. The maximum absolute atomic E-state index is 10.3. The first kappa shape index (κ1) is 29.9. The number of para-hydroxylation sites is 2. The smallest absolute Gasteiger partial charge is 0.121 e. The van der Waals surface area contributed by atoms with Gasteiger partial charge in [0, 0.05) is 21.9 Å². The van der Waals surface area contributed by atoms with Gasteiger partial charge in [-0.25, -0.2) is 9.36 Å². The van der Waals surface area contributed by atoms with E-state index in [-0.39, 0.29) is 22.3 Å².